The van der Waals surface area contributed by atoms with Gasteiger partial charge < -0.3 is 14.2 Å². The zero-order valence-corrected chi connectivity index (χ0v) is 39.3. The molecule has 0 bridgehead atoms. The summed E-state index contributed by atoms with van der Waals surface area (Å²) in [5.74, 6) is -1.18. The maximum Gasteiger partial charge on any atom is 0.310 e. The highest BCUT2D eigenvalue weighted by molar-refractivity contribution is 5.72. The average Bonchev–Trinajstić information content (AvgIpc) is 3.27. The van der Waals surface area contributed by atoms with Crippen molar-refractivity contribution in [1.82, 2.24) is 0 Å². The molecular weight excluding hydrogens is 769 g/mol. The van der Waals surface area contributed by atoms with Gasteiger partial charge in [-0.3, -0.25) is 14.4 Å². The van der Waals surface area contributed by atoms with Crippen molar-refractivity contribution in [2.24, 2.45) is 0 Å². The Morgan fingerprint density at radius 1 is 0.355 bits per heavy atom. The maximum absolute atomic E-state index is 12.7. The van der Waals surface area contributed by atoms with Crippen molar-refractivity contribution in [1.29, 1.82) is 0 Å². The molecule has 0 rings (SSSR count). The highest BCUT2D eigenvalue weighted by atomic mass is 16.6. The van der Waals surface area contributed by atoms with Gasteiger partial charge in [0.25, 0.3) is 0 Å². The molecule has 346 valence electrons. The summed E-state index contributed by atoms with van der Waals surface area (Å²) in [6.45, 7) is 6.21. The first kappa shape index (κ1) is 57.5. The summed E-state index contributed by atoms with van der Waals surface area (Å²) >= 11 is 0. The van der Waals surface area contributed by atoms with Gasteiger partial charge >= 0.3 is 17.9 Å². The second-order valence-electron chi connectivity index (χ2n) is 15.3. The molecule has 0 saturated heterocycles. The minimum absolute atomic E-state index is 0.0766. The van der Waals surface area contributed by atoms with Gasteiger partial charge in [0, 0.05) is 12.8 Å². The van der Waals surface area contributed by atoms with Gasteiger partial charge in [0.05, 0.1) is 6.42 Å². The van der Waals surface area contributed by atoms with Gasteiger partial charge in [-0.2, -0.15) is 0 Å². The third kappa shape index (κ3) is 46.6. The molecule has 6 nitrogen and oxygen atoms in total. The Morgan fingerprint density at radius 3 is 1.06 bits per heavy atom. The number of carbonyl (C=O) groups excluding carboxylic acids is 3. The number of allylic oxidation sites excluding steroid dienone is 21. The maximum atomic E-state index is 12.7. The molecule has 0 fully saturated rings. The SMILES string of the molecule is CC/C=C\C/C=C\C/C=C\C/C=C\C/C=C\C/C=C\CCC(=O)OCC(COC(=O)CCCCCCCCCCCC)OC(=O)C/C=C\C/C=C\C/C=C\C/C=C\C/C=C\CC. The first-order chi connectivity index (χ1) is 30.5. The molecule has 0 aromatic carbocycles. The van der Waals surface area contributed by atoms with Crippen LogP contribution < -0.4 is 0 Å². The van der Waals surface area contributed by atoms with Crippen molar-refractivity contribution in [2.75, 3.05) is 13.2 Å². The van der Waals surface area contributed by atoms with Crippen LogP contribution in [0.15, 0.2) is 134 Å². The van der Waals surface area contributed by atoms with E-state index in [4.69, 9.17) is 14.2 Å². The molecule has 0 aliphatic carbocycles. The van der Waals surface area contributed by atoms with E-state index in [9.17, 15) is 14.4 Å². The molecule has 0 radical (unpaired) electrons. The van der Waals surface area contributed by atoms with Crippen LogP contribution in [0.2, 0.25) is 0 Å². The van der Waals surface area contributed by atoms with Crippen molar-refractivity contribution >= 4 is 17.9 Å². The molecule has 0 saturated carbocycles. The van der Waals surface area contributed by atoms with Gasteiger partial charge in [0.2, 0.25) is 0 Å². The summed E-state index contributed by atoms with van der Waals surface area (Å²) in [4.78, 5) is 37.7. The first-order valence-electron chi connectivity index (χ1n) is 24.2. The standard InChI is InChI=1S/C56H86O6/c1-4-7-10-13-16-19-22-24-26-27-28-29-31-32-34-37-40-43-46-49-55(58)61-52-53(51-60-54(57)48-45-42-39-36-21-18-15-12-9-6-3)62-56(59)50-47-44-41-38-35-33-30-25-23-20-17-14-11-8-5-2/h7-8,10-11,16-17,19-20,24-26,28-30,32,34-35,38,40,43-44,47,53H,4-6,9,12-15,18,21-23,27,31,33,36-37,39,41-42,45-46,48-52H2,1-3H3/b10-7-,11-8-,19-16-,20-17-,26-24-,29-28-,30-25-,34-32-,38-35-,43-40-,47-44-. The van der Waals surface area contributed by atoms with E-state index >= 15 is 0 Å². The lowest BCUT2D eigenvalue weighted by atomic mass is 10.1. The lowest BCUT2D eigenvalue weighted by Gasteiger charge is -2.18. The summed E-state index contributed by atoms with van der Waals surface area (Å²) in [6, 6.07) is 0. The minimum atomic E-state index is -0.864. The van der Waals surface area contributed by atoms with Gasteiger partial charge in [-0.25, -0.2) is 0 Å². The topological polar surface area (TPSA) is 78.9 Å². The molecule has 1 atom stereocenters. The molecule has 0 spiro atoms. The quantitative estimate of drug-likeness (QED) is 0.0264. The number of unbranched alkanes of at least 4 members (excludes halogenated alkanes) is 9. The van der Waals surface area contributed by atoms with Crippen LogP contribution in [-0.2, 0) is 28.6 Å². The van der Waals surface area contributed by atoms with Crippen LogP contribution in [0.3, 0.4) is 0 Å². The Balaban J connectivity index is 4.63. The highest BCUT2D eigenvalue weighted by Gasteiger charge is 2.19. The fraction of sp³-hybridized carbons (Fsp3) is 0.554. The van der Waals surface area contributed by atoms with Crippen LogP contribution in [0.5, 0.6) is 0 Å². The van der Waals surface area contributed by atoms with E-state index < -0.39 is 12.1 Å². The van der Waals surface area contributed by atoms with Crippen molar-refractivity contribution in [3.63, 3.8) is 0 Å². The molecule has 0 amide bonds. The molecule has 0 aromatic heterocycles. The van der Waals surface area contributed by atoms with Crippen LogP contribution in [-0.4, -0.2) is 37.2 Å². The molecule has 1 unspecified atom stereocenters. The fourth-order valence-electron chi connectivity index (χ4n) is 5.89. The third-order valence-corrected chi connectivity index (χ3v) is 9.45. The summed E-state index contributed by atoms with van der Waals surface area (Å²) < 4.78 is 16.5. The predicted octanol–water partition coefficient (Wildman–Crippen LogP) is 15.9. The number of hydrogen-bond donors (Lipinski definition) is 0. The van der Waals surface area contributed by atoms with E-state index in [-0.39, 0.29) is 38.0 Å². The normalized spacial score (nSPS) is 13.3. The third-order valence-electron chi connectivity index (χ3n) is 9.45. The molecule has 62 heavy (non-hydrogen) atoms. The molecule has 0 aromatic rings. The number of ether oxygens (including phenoxy) is 3. The van der Waals surface area contributed by atoms with Crippen molar-refractivity contribution in [3.8, 4) is 0 Å². The monoisotopic (exact) mass is 855 g/mol. The summed E-state index contributed by atoms with van der Waals surface area (Å²) in [5.41, 5.74) is 0. The molecule has 0 aliphatic heterocycles. The van der Waals surface area contributed by atoms with E-state index in [1.807, 2.05) is 18.2 Å². The molecule has 0 heterocycles. The number of hydrogen-bond acceptors (Lipinski definition) is 6. The van der Waals surface area contributed by atoms with Crippen LogP contribution in [0.4, 0.5) is 0 Å². The van der Waals surface area contributed by atoms with Gasteiger partial charge in [-0.15, -0.1) is 0 Å². The molecule has 0 aliphatic rings. The Hall–Kier alpha value is -4.45. The van der Waals surface area contributed by atoms with E-state index in [2.05, 4.69) is 130 Å². The van der Waals surface area contributed by atoms with Gasteiger partial charge in [0.1, 0.15) is 13.2 Å². The smallest absolute Gasteiger partial charge is 0.310 e. The second kappa shape index (κ2) is 49.2. The number of esters is 3. The lowest BCUT2D eigenvalue weighted by molar-refractivity contribution is -0.166. The Kier molecular flexibility index (Phi) is 45.7. The zero-order valence-electron chi connectivity index (χ0n) is 39.3. The van der Waals surface area contributed by atoms with Crippen LogP contribution >= 0.6 is 0 Å². The number of rotatable bonds is 41. The fourth-order valence-corrected chi connectivity index (χ4v) is 5.89. The largest absolute Gasteiger partial charge is 0.462 e. The van der Waals surface area contributed by atoms with Crippen molar-refractivity contribution < 1.29 is 28.6 Å². The van der Waals surface area contributed by atoms with Crippen molar-refractivity contribution in [3.05, 3.63) is 134 Å². The van der Waals surface area contributed by atoms with Gasteiger partial charge in [0.15, 0.2) is 6.10 Å². The van der Waals surface area contributed by atoms with E-state index in [0.29, 0.717) is 19.3 Å². The highest BCUT2D eigenvalue weighted by Crippen LogP contribution is 2.12. The zero-order chi connectivity index (χ0) is 45.1. The lowest BCUT2D eigenvalue weighted by Crippen LogP contribution is -2.30. The molecule has 6 heteroatoms. The van der Waals surface area contributed by atoms with Crippen LogP contribution in [0, 0.1) is 0 Å². The van der Waals surface area contributed by atoms with Crippen LogP contribution in [0.1, 0.15) is 181 Å². The van der Waals surface area contributed by atoms with E-state index in [1.165, 1.54) is 44.9 Å². The predicted molar refractivity (Wildman–Crippen MR) is 265 cm³/mol. The number of carbonyl (C=O) groups is 3. The van der Waals surface area contributed by atoms with Gasteiger partial charge in [-0.05, 0) is 83.5 Å². The van der Waals surface area contributed by atoms with Crippen LogP contribution in [0.25, 0.3) is 0 Å². The first-order valence-corrected chi connectivity index (χ1v) is 24.2. The van der Waals surface area contributed by atoms with E-state index in [1.54, 1.807) is 6.08 Å². The molecule has 0 N–H and O–H groups in total. The summed E-state index contributed by atoms with van der Waals surface area (Å²) in [5, 5.41) is 0. The minimum Gasteiger partial charge on any atom is -0.462 e. The summed E-state index contributed by atoms with van der Waals surface area (Å²) in [6.07, 6.45) is 69.0. The average molecular weight is 855 g/mol. The van der Waals surface area contributed by atoms with Crippen molar-refractivity contribution in [2.45, 2.75) is 187 Å². The Labute approximate surface area is 379 Å². The van der Waals surface area contributed by atoms with E-state index in [0.717, 1.165) is 83.5 Å². The second-order valence-corrected chi connectivity index (χ2v) is 15.3. The van der Waals surface area contributed by atoms with Gasteiger partial charge in [-0.1, -0.05) is 212 Å². The molecular formula is C56H86O6. The summed E-state index contributed by atoms with van der Waals surface area (Å²) in [7, 11) is 0. The Morgan fingerprint density at radius 2 is 0.677 bits per heavy atom. The Bertz CT molecular complexity index is 1400.